The molecule has 2 rings (SSSR count). The van der Waals surface area contributed by atoms with Gasteiger partial charge in [-0.2, -0.15) is 0 Å². The highest BCUT2D eigenvalue weighted by atomic mass is 16.4. The number of aromatic carboxylic acids is 1. The Morgan fingerprint density at radius 2 is 1.91 bits per heavy atom. The predicted octanol–water partition coefficient (Wildman–Crippen LogP) is 3.40. The topological polar surface area (TPSA) is 66.4 Å². The number of rotatable bonds is 5. The average molecular weight is 303 g/mol. The van der Waals surface area contributed by atoms with Crippen molar-refractivity contribution in [2.75, 3.05) is 0 Å². The van der Waals surface area contributed by atoms with Crippen LogP contribution in [0.25, 0.3) is 0 Å². The van der Waals surface area contributed by atoms with Gasteiger partial charge < -0.3 is 10.4 Å². The number of carboxylic acids is 1. The number of benzene rings is 1. The monoisotopic (exact) mass is 303 g/mol. The Hall–Kier alpha value is -1.84. The van der Waals surface area contributed by atoms with Crippen LogP contribution in [0.3, 0.4) is 0 Å². The highest BCUT2D eigenvalue weighted by Gasteiger charge is 2.30. The first-order valence-corrected chi connectivity index (χ1v) is 8.02. The highest BCUT2D eigenvalue weighted by molar-refractivity contribution is 5.89. The number of amides is 1. The molecule has 22 heavy (non-hydrogen) atoms. The molecule has 0 spiro atoms. The van der Waals surface area contributed by atoms with Gasteiger partial charge in [-0.25, -0.2) is 4.79 Å². The SMILES string of the molecule is CC1CCC(C)(NC(=O)CCc2ccccc2C(=O)O)CC1. The van der Waals surface area contributed by atoms with Crippen molar-refractivity contribution in [3.8, 4) is 0 Å². The van der Waals surface area contributed by atoms with Crippen molar-refractivity contribution in [3.63, 3.8) is 0 Å². The number of nitrogens with one attached hydrogen (secondary N) is 1. The van der Waals surface area contributed by atoms with Crippen LogP contribution >= 0.6 is 0 Å². The molecule has 0 unspecified atom stereocenters. The molecule has 0 atom stereocenters. The summed E-state index contributed by atoms with van der Waals surface area (Å²) in [4.78, 5) is 23.4. The molecule has 0 aromatic heterocycles. The zero-order valence-corrected chi connectivity index (χ0v) is 13.4. The van der Waals surface area contributed by atoms with Gasteiger partial charge in [-0.3, -0.25) is 4.79 Å². The first-order valence-electron chi connectivity index (χ1n) is 8.02. The zero-order chi connectivity index (χ0) is 16.2. The molecule has 1 aromatic rings. The summed E-state index contributed by atoms with van der Waals surface area (Å²) in [6.45, 7) is 4.37. The van der Waals surface area contributed by atoms with Gasteiger partial charge in [0.05, 0.1) is 5.56 Å². The van der Waals surface area contributed by atoms with E-state index in [-0.39, 0.29) is 17.0 Å². The van der Waals surface area contributed by atoms with Crippen molar-refractivity contribution in [1.82, 2.24) is 5.32 Å². The van der Waals surface area contributed by atoms with E-state index in [0.717, 1.165) is 31.6 Å². The molecule has 1 fully saturated rings. The first-order chi connectivity index (χ1) is 10.4. The van der Waals surface area contributed by atoms with Crippen molar-refractivity contribution in [1.29, 1.82) is 0 Å². The first kappa shape index (κ1) is 16.5. The fraction of sp³-hybridized carbons (Fsp3) is 0.556. The lowest BCUT2D eigenvalue weighted by atomic mass is 9.78. The molecule has 1 aliphatic carbocycles. The summed E-state index contributed by atoms with van der Waals surface area (Å²) >= 11 is 0. The Kier molecular flexibility index (Phi) is 5.22. The van der Waals surface area contributed by atoms with Crippen molar-refractivity contribution in [2.45, 2.75) is 57.9 Å². The van der Waals surface area contributed by atoms with Gasteiger partial charge in [0, 0.05) is 12.0 Å². The lowest BCUT2D eigenvalue weighted by Crippen LogP contribution is -2.48. The summed E-state index contributed by atoms with van der Waals surface area (Å²) < 4.78 is 0. The van der Waals surface area contributed by atoms with Crippen molar-refractivity contribution < 1.29 is 14.7 Å². The van der Waals surface area contributed by atoms with E-state index in [1.54, 1.807) is 18.2 Å². The van der Waals surface area contributed by atoms with Gasteiger partial charge in [0.2, 0.25) is 5.91 Å². The lowest BCUT2D eigenvalue weighted by molar-refractivity contribution is -0.123. The number of carbonyl (C=O) groups is 2. The molecule has 1 saturated carbocycles. The van der Waals surface area contributed by atoms with E-state index in [1.807, 2.05) is 6.07 Å². The van der Waals surface area contributed by atoms with Crippen LogP contribution in [0.2, 0.25) is 0 Å². The third-order valence-electron chi connectivity index (χ3n) is 4.69. The molecule has 2 N–H and O–H groups in total. The van der Waals surface area contributed by atoms with E-state index in [1.165, 1.54) is 0 Å². The molecule has 120 valence electrons. The summed E-state index contributed by atoms with van der Waals surface area (Å²) in [5.41, 5.74) is 0.899. The van der Waals surface area contributed by atoms with E-state index >= 15 is 0 Å². The standard InChI is InChI=1S/C18H25NO3/c1-13-9-11-18(2,12-10-13)19-16(20)8-7-14-5-3-4-6-15(14)17(21)22/h3-6,13H,7-12H2,1-2H3,(H,19,20)(H,21,22). The van der Waals surface area contributed by atoms with Gasteiger partial charge >= 0.3 is 5.97 Å². The minimum Gasteiger partial charge on any atom is -0.478 e. The Labute approximate surface area is 131 Å². The third-order valence-corrected chi connectivity index (χ3v) is 4.69. The van der Waals surface area contributed by atoms with Crippen LogP contribution in [0.5, 0.6) is 0 Å². The smallest absolute Gasteiger partial charge is 0.335 e. The Morgan fingerprint density at radius 1 is 1.27 bits per heavy atom. The van der Waals surface area contributed by atoms with E-state index < -0.39 is 5.97 Å². The van der Waals surface area contributed by atoms with E-state index in [9.17, 15) is 9.59 Å². The number of aryl methyl sites for hydroxylation is 1. The Balaban J connectivity index is 1.89. The number of carbonyl (C=O) groups excluding carboxylic acids is 1. The molecule has 1 amide bonds. The molecule has 1 aromatic carbocycles. The van der Waals surface area contributed by atoms with Crippen molar-refractivity contribution >= 4 is 11.9 Å². The summed E-state index contributed by atoms with van der Waals surface area (Å²) in [6.07, 6.45) is 5.13. The molecule has 4 nitrogen and oxygen atoms in total. The van der Waals surface area contributed by atoms with E-state index in [4.69, 9.17) is 5.11 Å². The normalized spacial score (nSPS) is 24.7. The van der Waals surface area contributed by atoms with E-state index in [0.29, 0.717) is 18.4 Å². The second kappa shape index (κ2) is 6.95. The molecular weight excluding hydrogens is 278 g/mol. The fourth-order valence-corrected chi connectivity index (χ4v) is 3.12. The van der Waals surface area contributed by atoms with Gasteiger partial charge in [0.25, 0.3) is 0 Å². The summed E-state index contributed by atoms with van der Waals surface area (Å²) in [5.74, 6) is -0.186. The van der Waals surface area contributed by atoms with Gasteiger partial charge in [-0.15, -0.1) is 0 Å². The zero-order valence-electron chi connectivity index (χ0n) is 13.4. The minimum absolute atomic E-state index is 0.0113. The molecule has 0 bridgehead atoms. The molecular formula is C18H25NO3. The second-order valence-electron chi connectivity index (χ2n) is 6.75. The van der Waals surface area contributed by atoms with Gasteiger partial charge in [-0.05, 0) is 56.6 Å². The largest absolute Gasteiger partial charge is 0.478 e. The lowest BCUT2D eigenvalue weighted by Gasteiger charge is -2.37. The molecule has 0 heterocycles. The van der Waals surface area contributed by atoms with Crippen LogP contribution in [0.1, 0.15) is 61.9 Å². The highest BCUT2D eigenvalue weighted by Crippen LogP contribution is 2.31. The summed E-state index contributed by atoms with van der Waals surface area (Å²) in [5, 5.41) is 12.3. The average Bonchev–Trinajstić information content (AvgIpc) is 2.48. The minimum atomic E-state index is -0.941. The Morgan fingerprint density at radius 3 is 2.55 bits per heavy atom. The number of carboxylic acid groups (broad SMARTS) is 1. The maximum Gasteiger partial charge on any atom is 0.335 e. The maximum atomic E-state index is 12.2. The number of hydrogen-bond acceptors (Lipinski definition) is 2. The van der Waals surface area contributed by atoms with Crippen molar-refractivity contribution in [3.05, 3.63) is 35.4 Å². The van der Waals surface area contributed by atoms with Crippen LogP contribution in [0.15, 0.2) is 24.3 Å². The van der Waals surface area contributed by atoms with Gasteiger partial charge in [0.1, 0.15) is 0 Å². The van der Waals surface area contributed by atoms with Crippen LogP contribution in [-0.4, -0.2) is 22.5 Å². The van der Waals surface area contributed by atoms with Crippen LogP contribution in [0, 0.1) is 5.92 Å². The summed E-state index contributed by atoms with van der Waals surface area (Å²) in [6, 6.07) is 6.88. The molecule has 0 aliphatic heterocycles. The molecule has 1 aliphatic rings. The van der Waals surface area contributed by atoms with Crippen LogP contribution < -0.4 is 5.32 Å². The maximum absolute atomic E-state index is 12.2. The second-order valence-corrected chi connectivity index (χ2v) is 6.75. The van der Waals surface area contributed by atoms with Crippen LogP contribution in [-0.2, 0) is 11.2 Å². The molecule has 0 radical (unpaired) electrons. The Bertz CT molecular complexity index is 545. The molecule has 0 saturated heterocycles. The fourth-order valence-electron chi connectivity index (χ4n) is 3.12. The van der Waals surface area contributed by atoms with Crippen LogP contribution in [0.4, 0.5) is 0 Å². The van der Waals surface area contributed by atoms with Crippen molar-refractivity contribution in [2.24, 2.45) is 5.92 Å². The summed E-state index contributed by atoms with van der Waals surface area (Å²) in [7, 11) is 0. The quantitative estimate of drug-likeness (QED) is 0.876. The van der Waals surface area contributed by atoms with E-state index in [2.05, 4.69) is 19.2 Å². The predicted molar refractivity (Wildman–Crippen MR) is 85.9 cm³/mol. The van der Waals surface area contributed by atoms with Gasteiger partial charge in [-0.1, -0.05) is 25.1 Å². The third kappa shape index (κ3) is 4.33. The van der Waals surface area contributed by atoms with Gasteiger partial charge in [0.15, 0.2) is 0 Å². The molecule has 4 heteroatoms. The number of hydrogen-bond donors (Lipinski definition) is 2.